The zero-order valence-electron chi connectivity index (χ0n) is 21.5. The summed E-state index contributed by atoms with van der Waals surface area (Å²) in [5, 5.41) is 0.497. The molecule has 0 radical (unpaired) electrons. The largest absolute Gasteiger partial charge is 0.379 e. The number of hydrogen-bond acceptors (Lipinski definition) is 7. The van der Waals surface area contributed by atoms with E-state index in [0.717, 1.165) is 38.9 Å². The summed E-state index contributed by atoms with van der Waals surface area (Å²) in [5.74, 6) is -0.285. The van der Waals surface area contributed by atoms with Crippen LogP contribution in [0.15, 0.2) is 47.4 Å². The van der Waals surface area contributed by atoms with Gasteiger partial charge in [0.2, 0.25) is 10.0 Å². The predicted octanol–water partition coefficient (Wildman–Crippen LogP) is 4.23. The molecule has 2 aliphatic rings. The number of halogens is 1. The Morgan fingerprint density at radius 2 is 1.92 bits per heavy atom. The first-order valence-electron chi connectivity index (χ1n) is 13.1. The van der Waals surface area contributed by atoms with E-state index in [0.29, 0.717) is 59.7 Å². The highest BCUT2D eigenvalue weighted by atomic mass is 32.2. The van der Waals surface area contributed by atoms with E-state index in [1.165, 1.54) is 39.9 Å². The molecule has 2 fully saturated rings. The van der Waals surface area contributed by atoms with Crippen molar-refractivity contribution in [3.05, 3.63) is 53.8 Å². The summed E-state index contributed by atoms with van der Waals surface area (Å²) in [7, 11) is -3.61. The van der Waals surface area contributed by atoms with Gasteiger partial charge in [-0.05, 0) is 67.6 Å². The highest BCUT2D eigenvalue weighted by Gasteiger charge is 2.29. The van der Waals surface area contributed by atoms with Crippen molar-refractivity contribution in [3.8, 4) is 0 Å². The molecule has 204 valence electrons. The molecule has 3 heterocycles. The second kappa shape index (κ2) is 11.7. The number of rotatable bonds is 8. The van der Waals surface area contributed by atoms with E-state index in [4.69, 9.17) is 4.74 Å². The van der Waals surface area contributed by atoms with Crippen LogP contribution < -0.4 is 4.90 Å². The summed E-state index contributed by atoms with van der Waals surface area (Å²) in [6, 6.07) is 10.6. The number of nitrogens with zero attached hydrogens (tertiary/aromatic N) is 4. The van der Waals surface area contributed by atoms with Crippen molar-refractivity contribution in [1.82, 2.24) is 14.2 Å². The minimum absolute atomic E-state index is 0.192. The fourth-order valence-corrected chi connectivity index (χ4v) is 7.62. The second-order valence-electron chi connectivity index (χ2n) is 10.0. The second-order valence-corrected chi connectivity index (χ2v) is 13.0. The van der Waals surface area contributed by atoms with Crippen molar-refractivity contribution in [2.45, 2.75) is 31.1 Å². The van der Waals surface area contributed by atoms with E-state index >= 15 is 0 Å². The number of fused-ring (bicyclic) bond motifs is 1. The van der Waals surface area contributed by atoms with Crippen molar-refractivity contribution in [1.29, 1.82) is 0 Å². The van der Waals surface area contributed by atoms with Crippen LogP contribution in [0.4, 0.5) is 9.52 Å². The number of amides is 1. The van der Waals surface area contributed by atoms with Crippen LogP contribution in [0.5, 0.6) is 0 Å². The number of ether oxygens (including phenoxy) is 1. The van der Waals surface area contributed by atoms with Crippen molar-refractivity contribution < 1.29 is 22.3 Å². The number of piperidine rings is 1. The Labute approximate surface area is 227 Å². The van der Waals surface area contributed by atoms with E-state index in [-0.39, 0.29) is 16.6 Å². The van der Waals surface area contributed by atoms with Crippen LogP contribution in [0.25, 0.3) is 10.2 Å². The number of anilines is 1. The molecule has 5 rings (SSSR count). The quantitative estimate of drug-likeness (QED) is 0.410. The lowest BCUT2D eigenvalue weighted by Gasteiger charge is -2.30. The number of aromatic nitrogens is 1. The first kappa shape index (κ1) is 27.1. The van der Waals surface area contributed by atoms with Gasteiger partial charge in [0.25, 0.3) is 5.91 Å². The highest BCUT2D eigenvalue weighted by Crippen LogP contribution is 2.31. The fourth-order valence-electron chi connectivity index (χ4n) is 5.00. The minimum atomic E-state index is -3.61. The molecule has 1 amide bonds. The Kier molecular flexibility index (Phi) is 8.39. The maximum absolute atomic E-state index is 13.8. The van der Waals surface area contributed by atoms with Gasteiger partial charge < -0.3 is 4.74 Å². The number of sulfonamides is 1. The zero-order chi connectivity index (χ0) is 26.7. The first-order valence-corrected chi connectivity index (χ1v) is 15.4. The van der Waals surface area contributed by atoms with Gasteiger partial charge in [-0.2, -0.15) is 4.31 Å². The van der Waals surface area contributed by atoms with Gasteiger partial charge in [0.05, 0.1) is 28.3 Å². The van der Waals surface area contributed by atoms with Gasteiger partial charge in [0, 0.05) is 44.8 Å². The molecule has 2 saturated heterocycles. The smallest absolute Gasteiger partial charge is 0.260 e. The van der Waals surface area contributed by atoms with Crippen molar-refractivity contribution in [2.24, 2.45) is 5.92 Å². The van der Waals surface area contributed by atoms with Crippen LogP contribution in [0, 0.1) is 11.7 Å². The molecule has 0 N–H and O–H groups in total. The van der Waals surface area contributed by atoms with E-state index in [2.05, 4.69) is 16.8 Å². The maximum Gasteiger partial charge on any atom is 0.260 e. The lowest BCUT2D eigenvalue weighted by molar-refractivity contribution is 0.0376. The molecular formula is C27H33FN4O4S2. The summed E-state index contributed by atoms with van der Waals surface area (Å²) in [6.07, 6.45) is 2.61. The number of benzene rings is 2. The Morgan fingerprint density at radius 3 is 2.66 bits per heavy atom. The molecule has 11 heteroatoms. The molecule has 0 bridgehead atoms. The van der Waals surface area contributed by atoms with Gasteiger partial charge in [-0.3, -0.25) is 14.6 Å². The van der Waals surface area contributed by atoms with E-state index in [1.807, 2.05) is 0 Å². The monoisotopic (exact) mass is 560 g/mol. The predicted molar refractivity (Wildman–Crippen MR) is 147 cm³/mol. The number of hydrogen-bond donors (Lipinski definition) is 0. The van der Waals surface area contributed by atoms with Gasteiger partial charge in [0.1, 0.15) is 5.82 Å². The average molecular weight is 561 g/mol. The maximum atomic E-state index is 13.8. The summed E-state index contributed by atoms with van der Waals surface area (Å²) in [5.41, 5.74) is 1.02. The SMILES string of the molecule is CC1CCCN(S(=O)(=O)c2ccc(C(=O)N(CCCN3CCOCC3)c3nc4ccc(F)cc4s3)cc2)C1. The summed E-state index contributed by atoms with van der Waals surface area (Å²) < 4.78 is 47.8. The van der Waals surface area contributed by atoms with E-state index in [1.54, 1.807) is 23.1 Å². The number of morpholine rings is 1. The minimum Gasteiger partial charge on any atom is -0.379 e. The topological polar surface area (TPSA) is 83.1 Å². The van der Waals surface area contributed by atoms with Gasteiger partial charge >= 0.3 is 0 Å². The van der Waals surface area contributed by atoms with Crippen molar-refractivity contribution >= 4 is 42.6 Å². The van der Waals surface area contributed by atoms with Gasteiger partial charge in [-0.1, -0.05) is 18.3 Å². The molecule has 38 heavy (non-hydrogen) atoms. The fraction of sp³-hybridized carbons (Fsp3) is 0.481. The van der Waals surface area contributed by atoms with Crippen LogP contribution >= 0.6 is 11.3 Å². The Bertz CT molecular complexity index is 1370. The standard InChI is InChI=1S/C27H33FN4O4S2/c1-20-4-2-12-31(19-20)38(34,35)23-8-5-21(6-9-23)26(33)32(13-3-11-30-14-16-36-17-15-30)27-29-24-10-7-22(28)18-25(24)37-27/h5-10,18,20H,2-4,11-17,19H2,1H3. The molecule has 2 aromatic carbocycles. The van der Waals surface area contributed by atoms with Gasteiger partial charge in [0.15, 0.2) is 5.13 Å². The van der Waals surface area contributed by atoms with Crippen LogP contribution in [0.1, 0.15) is 36.5 Å². The van der Waals surface area contributed by atoms with Crippen LogP contribution in [-0.4, -0.2) is 81.0 Å². The Balaban J connectivity index is 1.36. The molecule has 0 spiro atoms. The van der Waals surface area contributed by atoms with Crippen molar-refractivity contribution in [2.75, 3.05) is 57.4 Å². The van der Waals surface area contributed by atoms with Crippen LogP contribution in [0.3, 0.4) is 0 Å². The molecule has 0 saturated carbocycles. The molecule has 3 aromatic rings. The van der Waals surface area contributed by atoms with Gasteiger partial charge in [-0.25, -0.2) is 17.8 Å². The Hall–Kier alpha value is -2.44. The van der Waals surface area contributed by atoms with Crippen LogP contribution in [0.2, 0.25) is 0 Å². The molecule has 1 unspecified atom stereocenters. The van der Waals surface area contributed by atoms with E-state index < -0.39 is 10.0 Å². The Morgan fingerprint density at radius 1 is 1.16 bits per heavy atom. The average Bonchev–Trinajstić information content (AvgIpc) is 3.34. The molecule has 1 aromatic heterocycles. The van der Waals surface area contributed by atoms with Gasteiger partial charge in [-0.15, -0.1) is 0 Å². The third-order valence-corrected chi connectivity index (χ3v) is 10.1. The summed E-state index contributed by atoms with van der Waals surface area (Å²) >= 11 is 1.27. The normalized spacial score (nSPS) is 19.6. The first-order chi connectivity index (χ1) is 18.3. The number of thiazole rings is 1. The van der Waals surface area contributed by atoms with Crippen molar-refractivity contribution in [3.63, 3.8) is 0 Å². The number of carbonyl (C=O) groups is 1. The zero-order valence-corrected chi connectivity index (χ0v) is 23.1. The molecule has 8 nitrogen and oxygen atoms in total. The molecule has 0 aliphatic carbocycles. The number of carbonyl (C=O) groups excluding carboxylic acids is 1. The lowest BCUT2D eigenvalue weighted by atomic mass is 10.0. The highest BCUT2D eigenvalue weighted by molar-refractivity contribution is 7.89. The van der Waals surface area contributed by atoms with E-state index in [9.17, 15) is 17.6 Å². The molecular weight excluding hydrogens is 527 g/mol. The summed E-state index contributed by atoms with van der Waals surface area (Å²) in [6.45, 7) is 7.48. The third kappa shape index (κ3) is 6.07. The van der Waals surface area contributed by atoms with Crippen LogP contribution in [-0.2, 0) is 14.8 Å². The molecule has 2 aliphatic heterocycles. The lowest BCUT2D eigenvalue weighted by Crippen LogP contribution is -2.39. The summed E-state index contributed by atoms with van der Waals surface area (Å²) in [4.78, 5) is 22.4. The third-order valence-electron chi connectivity index (χ3n) is 7.13. The molecule has 1 atom stereocenters.